The molecule has 0 aromatic rings. The van der Waals surface area contributed by atoms with Crippen LogP contribution in [0.4, 0.5) is 0 Å². The summed E-state index contributed by atoms with van der Waals surface area (Å²) in [5.74, 6) is -0.164. The van der Waals surface area contributed by atoms with E-state index in [2.05, 4.69) is 66.0 Å². The Hall–Kier alpha value is -1.14. The molecule has 6 nitrogen and oxygen atoms in total. The van der Waals surface area contributed by atoms with Crippen LogP contribution < -0.4 is 10.6 Å². The van der Waals surface area contributed by atoms with Gasteiger partial charge in [0.05, 0.1) is 12.3 Å². The van der Waals surface area contributed by atoms with Crippen molar-refractivity contribution in [3.8, 4) is 0 Å². The number of piperidine rings is 2. The predicted molar refractivity (Wildman–Crippen MR) is 124 cm³/mol. The van der Waals surface area contributed by atoms with E-state index in [1.807, 2.05) is 0 Å². The van der Waals surface area contributed by atoms with Crippen molar-refractivity contribution in [3.05, 3.63) is 0 Å². The monoisotopic (exact) mass is 438 g/mol. The fourth-order valence-electron chi connectivity index (χ4n) is 5.02. The van der Waals surface area contributed by atoms with E-state index in [1.165, 1.54) is 0 Å². The number of nitrogens with one attached hydrogen (secondary N) is 2. The maximum absolute atomic E-state index is 12.7. The summed E-state index contributed by atoms with van der Waals surface area (Å²) in [7, 11) is 0. The van der Waals surface area contributed by atoms with Crippen molar-refractivity contribution >= 4 is 11.9 Å². The SMILES string of the molecule is CC(CC(=O)OC1CC(C(C)C)NC(C)(C)C1)C(=O)OC1CC(C(C)C)NC(C)(C)C1. The molecule has 2 aliphatic rings. The van der Waals surface area contributed by atoms with Crippen LogP contribution in [0.1, 0.15) is 94.4 Å². The van der Waals surface area contributed by atoms with Gasteiger partial charge in [-0.25, -0.2) is 0 Å². The fourth-order valence-corrected chi connectivity index (χ4v) is 5.02. The minimum absolute atomic E-state index is 0.0670. The summed E-state index contributed by atoms with van der Waals surface area (Å²) in [6, 6.07) is 0.639. The number of hydrogen-bond donors (Lipinski definition) is 2. The van der Waals surface area contributed by atoms with Crippen LogP contribution >= 0.6 is 0 Å². The molecule has 0 spiro atoms. The number of hydrogen-bond acceptors (Lipinski definition) is 6. The summed E-state index contributed by atoms with van der Waals surface area (Å²) in [4.78, 5) is 25.3. The Morgan fingerprint density at radius 1 is 0.806 bits per heavy atom. The van der Waals surface area contributed by atoms with Crippen molar-refractivity contribution in [2.75, 3.05) is 0 Å². The van der Waals surface area contributed by atoms with E-state index in [0.717, 1.165) is 25.7 Å². The van der Waals surface area contributed by atoms with Crippen LogP contribution in [0.25, 0.3) is 0 Å². The maximum Gasteiger partial charge on any atom is 0.309 e. The second kappa shape index (κ2) is 10.2. The summed E-state index contributed by atoms with van der Waals surface area (Å²) in [6.07, 6.45) is 3.01. The van der Waals surface area contributed by atoms with Crippen LogP contribution in [0.5, 0.6) is 0 Å². The Bertz CT molecular complexity index is 629. The Kier molecular flexibility index (Phi) is 8.59. The zero-order valence-corrected chi connectivity index (χ0v) is 21.2. The Labute approximate surface area is 189 Å². The summed E-state index contributed by atoms with van der Waals surface area (Å²) in [6.45, 7) is 19.1. The molecule has 2 rings (SSSR count). The van der Waals surface area contributed by atoms with Crippen molar-refractivity contribution in [1.82, 2.24) is 10.6 Å². The average molecular weight is 439 g/mol. The van der Waals surface area contributed by atoms with Crippen LogP contribution in [0.2, 0.25) is 0 Å². The average Bonchev–Trinajstić information content (AvgIpc) is 2.58. The van der Waals surface area contributed by atoms with Crippen LogP contribution in [-0.2, 0) is 19.1 Å². The van der Waals surface area contributed by atoms with Crippen LogP contribution in [0.3, 0.4) is 0 Å². The molecule has 2 heterocycles. The van der Waals surface area contributed by atoms with Crippen LogP contribution in [0.15, 0.2) is 0 Å². The molecule has 0 radical (unpaired) electrons. The Morgan fingerprint density at radius 3 is 1.65 bits per heavy atom. The highest BCUT2D eigenvalue weighted by molar-refractivity contribution is 5.79. The lowest BCUT2D eigenvalue weighted by molar-refractivity contribution is -0.164. The molecule has 0 saturated carbocycles. The van der Waals surface area contributed by atoms with Crippen LogP contribution in [0, 0.1) is 17.8 Å². The first-order chi connectivity index (χ1) is 14.2. The molecule has 2 saturated heterocycles. The van der Waals surface area contributed by atoms with Crippen molar-refractivity contribution in [2.24, 2.45) is 17.8 Å². The van der Waals surface area contributed by atoms with Gasteiger partial charge in [-0.1, -0.05) is 34.6 Å². The van der Waals surface area contributed by atoms with Crippen molar-refractivity contribution in [2.45, 2.75) is 130 Å². The molecule has 0 bridgehead atoms. The van der Waals surface area contributed by atoms with Gasteiger partial charge in [0.15, 0.2) is 0 Å². The zero-order chi connectivity index (χ0) is 23.6. The second-order valence-corrected chi connectivity index (χ2v) is 11.9. The van der Waals surface area contributed by atoms with Crippen molar-refractivity contribution in [3.63, 3.8) is 0 Å². The molecule has 5 atom stereocenters. The zero-order valence-electron chi connectivity index (χ0n) is 21.2. The summed E-state index contributed by atoms with van der Waals surface area (Å²) < 4.78 is 11.6. The smallest absolute Gasteiger partial charge is 0.309 e. The first kappa shape index (κ1) is 26.1. The van der Waals surface area contributed by atoms with E-state index in [9.17, 15) is 9.59 Å². The maximum atomic E-state index is 12.7. The summed E-state index contributed by atoms with van der Waals surface area (Å²) in [5, 5.41) is 7.30. The molecule has 6 heteroatoms. The normalized spacial score (nSPS) is 31.3. The van der Waals surface area contributed by atoms with Gasteiger partial charge in [0.25, 0.3) is 0 Å². The molecule has 0 aromatic heterocycles. The van der Waals surface area contributed by atoms with Crippen LogP contribution in [-0.4, -0.2) is 47.3 Å². The van der Waals surface area contributed by atoms with Crippen molar-refractivity contribution < 1.29 is 19.1 Å². The third-order valence-corrected chi connectivity index (χ3v) is 6.73. The lowest BCUT2D eigenvalue weighted by Crippen LogP contribution is -2.56. The van der Waals surface area contributed by atoms with E-state index < -0.39 is 5.92 Å². The standard InChI is InChI=1S/C25H46N2O4/c1-15(2)20-11-18(13-24(6,7)26-20)30-22(28)10-17(5)23(29)31-19-12-21(16(3)4)27-25(8,9)14-19/h15-21,26-27H,10-14H2,1-9H3. The van der Waals surface area contributed by atoms with Gasteiger partial charge in [0, 0.05) is 48.8 Å². The number of ether oxygens (including phenoxy) is 2. The van der Waals surface area contributed by atoms with Gasteiger partial charge in [0.2, 0.25) is 0 Å². The van der Waals surface area contributed by atoms with Gasteiger partial charge in [-0.05, 0) is 39.5 Å². The first-order valence-electron chi connectivity index (χ1n) is 12.1. The molecule has 0 aromatic carbocycles. The molecule has 180 valence electrons. The molecule has 2 N–H and O–H groups in total. The number of carbonyl (C=O) groups is 2. The quantitative estimate of drug-likeness (QED) is 0.580. The lowest BCUT2D eigenvalue weighted by Gasteiger charge is -2.43. The van der Waals surface area contributed by atoms with Gasteiger partial charge in [-0.15, -0.1) is 0 Å². The second-order valence-electron chi connectivity index (χ2n) is 11.9. The Balaban J connectivity index is 1.87. The fraction of sp³-hybridized carbons (Fsp3) is 0.920. The van der Waals surface area contributed by atoms with Gasteiger partial charge in [-0.3, -0.25) is 9.59 Å². The van der Waals surface area contributed by atoms with E-state index in [0.29, 0.717) is 23.9 Å². The molecule has 31 heavy (non-hydrogen) atoms. The number of esters is 2. The molecule has 5 unspecified atom stereocenters. The van der Waals surface area contributed by atoms with Crippen molar-refractivity contribution in [1.29, 1.82) is 0 Å². The lowest BCUT2D eigenvalue weighted by atomic mass is 9.83. The third kappa shape index (κ3) is 8.05. The van der Waals surface area contributed by atoms with E-state index in [-0.39, 0.29) is 41.6 Å². The molecule has 0 aliphatic carbocycles. The van der Waals surface area contributed by atoms with E-state index >= 15 is 0 Å². The largest absolute Gasteiger partial charge is 0.462 e. The molecule has 2 fully saturated rings. The topological polar surface area (TPSA) is 76.7 Å². The highest BCUT2D eigenvalue weighted by atomic mass is 16.6. The number of carbonyl (C=O) groups excluding carboxylic acids is 2. The predicted octanol–water partition coefficient (Wildman–Crippen LogP) is 4.21. The third-order valence-electron chi connectivity index (χ3n) is 6.73. The van der Waals surface area contributed by atoms with Gasteiger partial charge < -0.3 is 20.1 Å². The van der Waals surface area contributed by atoms with Gasteiger partial charge in [-0.2, -0.15) is 0 Å². The summed E-state index contributed by atoms with van der Waals surface area (Å²) in [5.41, 5.74) is -0.146. The van der Waals surface area contributed by atoms with Gasteiger partial charge in [0.1, 0.15) is 12.2 Å². The minimum Gasteiger partial charge on any atom is -0.462 e. The molecular formula is C25H46N2O4. The highest BCUT2D eigenvalue weighted by Crippen LogP contribution is 2.30. The highest BCUT2D eigenvalue weighted by Gasteiger charge is 2.38. The first-order valence-corrected chi connectivity index (χ1v) is 12.1. The molecule has 0 amide bonds. The minimum atomic E-state index is -0.501. The number of rotatable bonds is 7. The van der Waals surface area contributed by atoms with Gasteiger partial charge >= 0.3 is 11.9 Å². The molecular weight excluding hydrogens is 392 g/mol. The van der Waals surface area contributed by atoms with E-state index in [1.54, 1.807) is 6.92 Å². The van der Waals surface area contributed by atoms with E-state index in [4.69, 9.17) is 9.47 Å². The molecule has 2 aliphatic heterocycles. The Morgan fingerprint density at radius 2 is 1.23 bits per heavy atom. The summed E-state index contributed by atoms with van der Waals surface area (Å²) >= 11 is 0.